The van der Waals surface area contributed by atoms with Gasteiger partial charge in [-0.25, -0.2) is 19.7 Å². The summed E-state index contributed by atoms with van der Waals surface area (Å²) in [7, 11) is 0. The lowest BCUT2D eigenvalue weighted by Gasteiger charge is -2.24. The molecule has 3 aromatic heterocycles. The van der Waals surface area contributed by atoms with Gasteiger partial charge in [0.15, 0.2) is 41.2 Å². The molecule has 2 aromatic carbocycles. The molecular weight excluding hydrogens is 1040 g/mol. The van der Waals surface area contributed by atoms with E-state index in [2.05, 4.69) is 43.6 Å². The molecule has 5 aromatic rings. The summed E-state index contributed by atoms with van der Waals surface area (Å²) in [6, 6.07) is 15.1. The average molecular weight is 1100 g/mol. The number of nitrogen functional groups attached to an aromatic ring is 1. The maximum Gasteiger partial charge on any atom is 0.330 e. The number of carbonyl (C=O) groups is 5. The van der Waals surface area contributed by atoms with Crippen molar-refractivity contribution in [3.05, 3.63) is 116 Å². The largest absolute Gasteiger partial charge is 0.463 e. The molecule has 0 spiro atoms. The quantitative estimate of drug-likeness (QED) is 0.0355. The number of H-pyrrole nitrogens is 1. The van der Waals surface area contributed by atoms with Crippen LogP contribution in [0.15, 0.2) is 70.6 Å². The number of carbonyl (C=O) groups excluding carboxylic acids is 5. The first-order valence-corrected chi connectivity index (χ1v) is 26.3. The first kappa shape index (κ1) is 59.4. The van der Waals surface area contributed by atoms with Crippen LogP contribution in [0.3, 0.4) is 0 Å². The van der Waals surface area contributed by atoms with E-state index in [1.165, 1.54) is 56.3 Å². The van der Waals surface area contributed by atoms with Gasteiger partial charge in [0.25, 0.3) is 5.56 Å². The van der Waals surface area contributed by atoms with E-state index in [1.807, 2.05) is 48.5 Å². The third kappa shape index (κ3) is 17.1. The molecule has 2 aliphatic heterocycles. The van der Waals surface area contributed by atoms with Gasteiger partial charge in [0.2, 0.25) is 0 Å². The van der Waals surface area contributed by atoms with Crippen LogP contribution >= 0.6 is 0 Å². The molecule has 2 aliphatic rings. The van der Waals surface area contributed by atoms with Crippen LogP contribution in [-0.2, 0) is 79.8 Å². The number of ether oxygens (including phenoxy) is 9. The summed E-state index contributed by atoms with van der Waals surface area (Å²) >= 11 is 0. The Bertz CT molecular complexity index is 3260. The Morgan fingerprint density at radius 2 is 1.24 bits per heavy atom. The van der Waals surface area contributed by atoms with Gasteiger partial charge in [0.05, 0.1) is 13.2 Å². The molecule has 5 heterocycles. The minimum absolute atomic E-state index is 0.0327. The first-order chi connectivity index (χ1) is 38.5. The van der Waals surface area contributed by atoms with E-state index in [-0.39, 0.29) is 48.0 Å². The topological polar surface area (TPSA) is 293 Å². The summed E-state index contributed by atoms with van der Waals surface area (Å²) in [6.45, 7) is 7.69. The number of rotatable bonds is 24. The van der Waals surface area contributed by atoms with Gasteiger partial charge in [0, 0.05) is 71.6 Å². The Morgan fingerprint density at radius 3 is 1.82 bits per heavy atom. The van der Waals surface area contributed by atoms with Crippen LogP contribution in [0.4, 0.5) is 5.82 Å². The number of fused-ring (bicyclic) bond motifs is 1. The summed E-state index contributed by atoms with van der Waals surface area (Å²) in [5.41, 5.74) is 8.47. The molecule has 2 saturated heterocycles. The number of unbranched alkanes of at least 4 members (excludes halogenated alkanes) is 7. The standard InChI is InChI=1S/C57H65N7O16/c1-35(65)74-32-46-45(76-37(3)67)28-49(79-46)63-29-44(55(70)62-57(63)71)22-20-40-16-14-18-42(26-40)30-72-24-12-10-8-6-7-9-11-13-25-73-31-43-19-15-17-41(27-43)21-23-48-61-50-53(58)59-34-60-54(50)64(48)56-52(78-39(5)69)51(77-38(4)68)47(80-56)33-75-36(2)66/h14-19,26-27,29,34,45-47,49,51-52,56H,6-13,24-25,28,30-33H2,1-5H3,(H2,58,59,60)(H,62,70,71)/t45-,46+,47+,49+,51+,52+,56+/m0/s1. The van der Waals surface area contributed by atoms with Gasteiger partial charge in [-0.2, -0.15) is 0 Å². The SMILES string of the molecule is CC(=O)OC[C@H]1O[C@@H](n2c(C#Cc3cccc(COCCCCCCCCCCOCc4cccc(C#Cc5cn([C@H]6C[C@H](OC(C)=O)[C@@H](COC(C)=O)O6)c(=O)[nH]c5=O)c4)c3)nc3c(N)ncnc32)[C@H](OC(C)=O)[C@@H]1OC(C)=O. The number of imidazole rings is 1. The smallest absolute Gasteiger partial charge is 0.330 e. The van der Waals surface area contributed by atoms with Gasteiger partial charge in [-0.3, -0.25) is 42.9 Å². The van der Waals surface area contributed by atoms with E-state index in [1.54, 1.807) is 0 Å². The lowest BCUT2D eigenvalue weighted by Crippen LogP contribution is -2.40. The molecule has 7 atom stereocenters. The second-order valence-electron chi connectivity index (χ2n) is 19.1. The second kappa shape index (κ2) is 29.1. The maximum atomic E-state index is 12.8. The van der Waals surface area contributed by atoms with Crippen LogP contribution < -0.4 is 17.0 Å². The van der Waals surface area contributed by atoms with Crippen molar-refractivity contribution in [3.63, 3.8) is 0 Å². The summed E-state index contributed by atoms with van der Waals surface area (Å²) in [5.74, 6) is 9.27. The van der Waals surface area contributed by atoms with Crippen LogP contribution in [0, 0.1) is 23.7 Å². The third-order valence-electron chi connectivity index (χ3n) is 12.7. The molecule has 3 N–H and O–H groups in total. The van der Waals surface area contributed by atoms with Gasteiger partial charge in [-0.05, 0) is 54.2 Å². The van der Waals surface area contributed by atoms with Crippen molar-refractivity contribution in [2.45, 2.75) is 149 Å². The number of nitrogens with two attached hydrogens (primary N) is 1. The van der Waals surface area contributed by atoms with Crippen molar-refractivity contribution >= 4 is 46.8 Å². The van der Waals surface area contributed by atoms with E-state index < -0.39 is 84.1 Å². The van der Waals surface area contributed by atoms with E-state index >= 15 is 0 Å². The number of aromatic nitrogens is 6. The molecule has 0 radical (unpaired) electrons. The number of anilines is 1. The fraction of sp³-hybridized carbons (Fsp3) is 0.474. The predicted molar refractivity (Wildman–Crippen MR) is 285 cm³/mol. The summed E-state index contributed by atoms with van der Waals surface area (Å²) in [6.07, 6.45) is 4.10. The van der Waals surface area contributed by atoms with Gasteiger partial charge >= 0.3 is 35.5 Å². The molecule has 0 unspecified atom stereocenters. The van der Waals surface area contributed by atoms with E-state index in [9.17, 15) is 33.6 Å². The Morgan fingerprint density at radius 1 is 0.675 bits per heavy atom. The monoisotopic (exact) mass is 1100 g/mol. The zero-order valence-electron chi connectivity index (χ0n) is 45.3. The lowest BCUT2D eigenvalue weighted by molar-refractivity contribution is -0.166. The maximum absolute atomic E-state index is 12.8. The number of benzene rings is 2. The minimum atomic E-state index is -1.21. The number of hydrogen-bond donors (Lipinski definition) is 2. The highest BCUT2D eigenvalue weighted by molar-refractivity contribution is 5.82. The highest BCUT2D eigenvalue weighted by Crippen LogP contribution is 2.37. The fourth-order valence-electron chi connectivity index (χ4n) is 9.10. The molecule has 80 heavy (non-hydrogen) atoms. The van der Waals surface area contributed by atoms with Crippen LogP contribution in [0.5, 0.6) is 0 Å². The number of aromatic amines is 1. The van der Waals surface area contributed by atoms with Crippen molar-refractivity contribution in [2.24, 2.45) is 0 Å². The summed E-state index contributed by atoms with van der Waals surface area (Å²) in [5, 5.41) is 0. The third-order valence-corrected chi connectivity index (χ3v) is 12.7. The first-order valence-electron chi connectivity index (χ1n) is 26.3. The molecule has 424 valence electrons. The Hall–Kier alpha value is -8.22. The van der Waals surface area contributed by atoms with Gasteiger partial charge in [0.1, 0.15) is 49.6 Å². The van der Waals surface area contributed by atoms with Gasteiger partial charge in [-0.15, -0.1) is 0 Å². The zero-order valence-corrected chi connectivity index (χ0v) is 45.3. The summed E-state index contributed by atoms with van der Waals surface area (Å²) < 4.78 is 53.7. The molecular formula is C57H65N7O16. The van der Waals surface area contributed by atoms with Crippen molar-refractivity contribution < 1.29 is 66.6 Å². The van der Waals surface area contributed by atoms with E-state index in [4.69, 9.17) is 48.4 Å². The predicted octanol–water partition coefficient (Wildman–Crippen LogP) is 5.02. The molecule has 0 saturated carbocycles. The highest BCUT2D eigenvalue weighted by Gasteiger charge is 2.52. The van der Waals surface area contributed by atoms with Crippen LogP contribution in [0.2, 0.25) is 0 Å². The number of nitrogens with zero attached hydrogens (tertiary/aromatic N) is 5. The molecule has 0 bridgehead atoms. The van der Waals surface area contributed by atoms with Crippen LogP contribution in [0.1, 0.15) is 139 Å². The van der Waals surface area contributed by atoms with Gasteiger partial charge in [-0.1, -0.05) is 80.6 Å². The fourth-order valence-corrected chi connectivity index (χ4v) is 9.10. The minimum Gasteiger partial charge on any atom is -0.463 e. The van der Waals surface area contributed by atoms with Crippen LogP contribution in [-0.4, -0.2) is 116 Å². The number of esters is 5. The number of hydrogen-bond acceptors (Lipinski definition) is 20. The Kier molecular flexibility index (Phi) is 21.6. The van der Waals surface area contributed by atoms with E-state index in [0.29, 0.717) is 37.6 Å². The molecule has 7 rings (SSSR count). The normalized spacial score (nSPS) is 19.3. The highest BCUT2D eigenvalue weighted by atomic mass is 16.7. The van der Waals surface area contributed by atoms with Crippen molar-refractivity contribution in [3.8, 4) is 23.7 Å². The van der Waals surface area contributed by atoms with E-state index in [0.717, 1.165) is 62.5 Å². The van der Waals surface area contributed by atoms with Crippen molar-refractivity contribution in [1.29, 1.82) is 0 Å². The number of nitrogens with one attached hydrogen (secondary N) is 1. The molecule has 0 amide bonds. The molecule has 2 fully saturated rings. The van der Waals surface area contributed by atoms with Crippen LogP contribution in [0.25, 0.3) is 11.2 Å². The lowest BCUT2D eigenvalue weighted by atomic mass is 10.1. The average Bonchev–Trinajstić information content (AvgIpc) is 4.11. The zero-order chi connectivity index (χ0) is 57.1. The van der Waals surface area contributed by atoms with Crippen molar-refractivity contribution in [1.82, 2.24) is 29.1 Å². The molecule has 23 nitrogen and oxygen atoms in total. The second-order valence-corrected chi connectivity index (χ2v) is 19.1. The summed E-state index contributed by atoms with van der Waals surface area (Å²) in [4.78, 5) is 100. The Labute approximate surface area is 461 Å². The molecule has 23 heteroatoms. The Balaban J connectivity index is 0.806. The van der Waals surface area contributed by atoms with Crippen molar-refractivity contribution in [2.75, 3.05) is 32.2 Å². The van der Waals surface area contributed by atoms with Gasteiger partial charge < -0.3 is 48.4 Å². The molecule has 0 aliphatic carbocycles.